The molecule has 2 aromatic carbocycles. The predicted octanol–water partition coefficient (Wildman–Crippen LogP) is 3.96. The summed E-state index contributed by atoms with van der Waals surface area (Å²) in [6.45, 7) is 1.11. The van der Waals surface area contributed by atoms with E-state index < -0.39 is 0 Å². The van der Waals surface area contributed by atoms with Gasteiger partial charge in [0.05, 0.1) is 6.04 Å². The zero-order valence-corrected chi connectivity index (χ0v) is 13.9. The maximum Gasteiger partial charge on any atom is 0.410 e. The van der Waals surface area contributed by atoms with Crippen LogP contribution in [0.25, 0.3) is 0 Å². The van der Waals surface area contributed by atoms with Crippen LogP contribution in [-0.2, 0) is 4.74 Å². The van der Waals surface area contributed by atoms with E-state index >= 15 is 0 Å². The van der Waals surface area contributed by atoms with Crippen LogP contribution in [0, 0.1) is 0 Å². The molecule has 120 valence electrons. The van der Waals surface area contributed by atoms with Gasteiger partial charge in [0.1, 0.15) is 6.61 Å². The topological polar surface area (TPSA) is 29.5 Å². The van der Waals surface area contributed by atoms with Crippen molar-refractivity contribution < 1.29 is 9.53 Å². The molecule has 23 heavy (non-hydrogen) atoms. The Bertz CT molecular complexity index is 593. The van der Waals surface area contributed by atoms with Crippen molar-refractivity contribution in [1.82, 2.24) is 4.90 Å². The van der Waals surface area contributed by atoms with Crippen molar-refractivity contribution in [1.29, 1.82) is 0 Å². The zero-order valence-electron chi connectivity index (χ0n) is 13.0. The highest BCUT2D eigenvalue weighted by Gasteiger charge is 2.39. The first kappa shape index (κ1) is 15.9. The lowest BCUT2D eigenvalue weighted by Gasteiger charge is -2.30. The summed E-state index contributed by atoms with van der Waals surface area (Å²) in [5, 5.41) is 0. The van der Waals surface area contributed by atoms with E-state index in [1.165, 1.54) is 11.1 Å². The number of cyclic esters (lactones) is 1. The Morgan fingerprint density at radius 2 is 1.61 bits per heavy atom. The first-order chi connectivity index (χ1) is 11.3. The van der Waals surface area contributed by atoms with Gasteiger partial charge in [-0.1, -0.05) is 60.7 Å². The minimum Gasteiger partial charge on any atom is -0.447 e. The normalized spacial score (nSPS) is 17.6. The standard InChI is InChI=1S/C19H21NO2S/c21-19-20(12-7-13-23)17(14-22-19)18(15-8-3-1-4-9-15)16-10-5-2-6-11-16/h1-6,8-11,17-18,23H,7,12-14H2/t17-/m1/s1. The summed E-state index contributed by atoms with van der Waals surface area (Å²) in [7, 11) is 0. The second-order valence-electron chi connectivity index (χ2n) is 5.71. The summed E-state index contributed by atoms with van der Waals surface area (Å²) in [5.74, 6) is 0.876. The second kappa shape index (κ2) is 7.55. The SMILES string of the molecule is O=C1OC[C@H](C(c2ccccc2)c2ccccc2)N1CCCS. The molecule has 3 rings (SSSR count). The van der Waals surface area contributed by atoms with Gasteiger partial charge in [0, 0.05) is 12.5 Å². The summed E-state index contributed by atoms with van der Waals surface area (Å²) >= 11 is 4.27. The van der Waals surface area contributed by atoms with Crippen molar-refractivity contribution in [2.45, 2.75) is 18.4 Å². The van der Waals surface area contributed by atoms with Gasteiger partial charge in [0.15, 0.2) is 0 Å². The molecule has 1 heterocycles. The summed E-state index contributed by atoms with van der Waals surface area (Å²) in [6.07, 6.45) is 0.652. The maximum absolute atomic E-state index is 12.1. The van der Waals surface area contributed by atoms with Gasteiger partial charge < -0.3 is 9.64 Å². The molecule has 0 aliphatic carbocycles. The van der Waals surface area contributed by atoms with Crippen LogP contribution in [0.15, 0.2) is 60.7 Å². The zero-order chi connectivity index (χ0) is 16.1. The number of hydrogen-bond donors (Lipinski definition) is 1. The van der Waals surface area contributed by atoms with Gasteiger partial charge in [-0.15, -0.1) is 0 Å². The van der Waals surface area contributed by atoms with Crippen LogP contribution < -0.4 is 0 Å². The third kappa shape index (κ3) is 3.53. The molecule has 0 bridgehead atoms. The molecule has 4 heteroatoms. The van der Waals surface area contributed by atoms with Crippen LogP contribution in [0.4, 0.5) is 4.79 Å². The van der Waals surface area contributed by atoms with E-state index in [0.29, 0.717) is 13.2 Å². The number of benzene rings is 2. The minimum absolute atomic E-state index is 0.0205. The smallest absolute Gasteiger partial charge is 0.410 e. The van der Waals surface area contributed by atoms with Gasteiger partial charge in [-0.25, -0.2) is 4.79 Å². The van der Waals surface area contributed by atoms with E-state index in [2.05, 4.69) is 36.9 Å². The molecular formula is C19H21NO2S. The fourth-order valence-corrected chi connectivity index (χ4v) is 3.34. The fourth-order valence-electron chi connectivity index (χ4n) is 3.20. The Labute approximate surface area is 142 Å². The molecule has 0 unspecified atom stereocenters. The number of ether oxygens (including phenoxy) is 1. The first-order valence-corrected chi connectivity index (χ1v) is 8.58. The Morgan fingerprint density at radius 3 is 2.13 bits per heavy atom. The number of nitrogens with zero attached hydrogens (tertiary/aromatic N) is 1. The largest absolute Gasteiger partial charge is 0.447 e. The molecule has 0 aromatic heterocycles. The average Bonchev–Trinajstić information content (AvgIpc) is 2.96. The number of carbonyl (C=O) groups excluding carboxylic acids is 1. The van der Waals surface area contributed by atoms with Crippen LogP contribution in [0.3, 0.4) is 0 Å². The minimum atomic E-state index is -0.214. The fraction of sp³-hybridized carbons (Fsp3) is 0.316. The van der Waals surface area contributed by atoms with Crippen LogP contribution >= 0.6 is 12.6 Å². The Kier molecular flexibility index (Phi) is 5.23. The number of amides is 1. The number of thiol groups is 1. The molecule has 1 aliphatic rings. The lowest BCUT2D eigenvalue weighted by atomic mass is 9.85. The number of rotatable bonds is 6. The van der Waals surface area contributed by atoms with Crippen molar-refractivity contribution in [3.8, 4) is 0 Å². The molecule has 0 spiro atoms. The molecular weight excluding hydrogens is 306 g/mol. The van der Waals surface area contributed by atoms with Gasteiger partial charge >= 0.3 is 6.09 Å². The third-order valence-electron chi connectivity index (χ3n) is 4.27. The predicted molar refractivity (Wildman–Crippen MR) is 95.0 cm³/mol. The lowest BCUT2D eigenvalue weighted by Crippen LogP contribution is -2.39. The summed E-state index contributed by atoms with van der Waals surface area (Å²) in [5.41, 5.74) is 2.41. The summed E-state index contributed by atoms with van der Waals surface area (Å²) in [4.78, 5) is 14.0. The monoisotopic (exact) mass is 327 g/mol. The molecule has 1 saturated heterocycles. The average molecular weight is 327 g/mol. The van der Waals surface area contributed by atoms with Crippen LogP contribution in [-0.4, -0.2) is 35.9 Å². The molecule has 1 fully saturated rings. The lowest BCUT2D eigenvalue weighted by molar-refractivity contribution is 0.157. The van der Waals surface area contributed by atoms with Crippen molar-refractivity contribution in [2.24, 2.45) is 0 Å². The van der Waals surface area contributed by atoms with Crippen molar-refractivity contribution in [2.75, 3.05) is 18.9 Å². The van der Waals surface area contributed by atoms with Gasteiger partial charge in [-0.3, -0.25) is 0 Å². The van der Waals surface area contributed by atoms with Crippen LogP contribution in [0.5, 0.6) is 0 Å². The first-order valence-electron chi connectivity index (χ1n) is 7.95. The number of hydrogen-bond acceptors (Lipinski definition) is 3. The van der Waals surface area contributed by atoms with E-state index in [1.54, 1.807) is 0 Å². The van der Waals surface area contributed by atoms with Crippen molar-refractivity contribution in [3.63, 3.8) is 0 Å². The van der Waals surface area contributed by atoms with Crippen molar-refractivity contribution >= 4 is 18.7 Å². The molecule has 0 radical (unpaired) electrons. The summed E-state index contributed by atoms with van der Waals surface area (Å²) < 4.78 is 5.36. The molecule has 2 aromatic rings. The quantitative estimate of drug-likeness (QED) is 0.814. The van der Waals surface area contributed by atoms with Crippen LogP contribution in [0.2, 0.25) is 0 Å². The highest BCUT2D eigenvalue weighted by molar-refractivity contribution is 7.80. The van der Waals surface area contributed by atoms with Crippen LogP contribution in [0.1, 0.15) is 23.5 Å². The Morgan fingerprint density at radius 1 is 1.04 bits per heavy atom. The maximum atomic E-state index is 12.1. The molecule has 0 saturated carbocycles. The van der Waals surface area contributed by atoms with Gasteiger partial charge in [-0.05, 0) is 23.3 Å². The van der Waals surface area contributed by atoms with Gasteiger partial charge in [0.2, 0.25) is 0 Å². The van der Waals surface area contributed by atoms with E-state index in [4.69, 9.17) is 4.74 Å². The molecule has 0 N–H and O–H groups in total. The van der Waals surface area contributed by atoms with Crippen molar-refractivity contribution in [3.05, 3.63) is 71.8 Å². The van der Waals surface area contributed by atoms with Gasteiger partial charge in [-0.2, -0.15) is 12.6 Å². The Hall–Kier alpha value is -1.94. The van der Waals surface area contributed by atoms with E-state index in [-0.39, 0.29) is 18.1 Å². The Balaban J connectivity index is 1.96. The number of carbonyl (C=O) groups is 1. The highest BCUT2D eigenvalue weighted by atomic mass is 32.1. The highest BCUT2D eigenvalue weighted by Crippen LogP contribution is 2.34. The van der Waals surface area contributed by atoms with E-state index in [9.17, 15) is 4.79 Å². The molecule has 1 atom stereocenters. The molecule has 3 nitrogen and oxygen atoms in total. The molecule has 1 amide bonds. The summed E-state index contributed by atoms with van der Waals surface area (Å²) in [6, 6.07) is 20.7. The van der Waals surface area contributed by atoms with E-state index in [0.717, 1.165) is 12.2 Å². The van der Waals surface area contributed by atoms with E-state index in [1.807, 2.05) is 41.3 Å². The van der Waals surface area contributed by atoms with Gasteiger partial charge in [0.25, 0.3) is 0 Å². The third-order valence-corrected chi connectivity index (χ3v) is 4.59. The molecule has 1 aliphatic heterocycles. The second-order valence-corrected chi connectivity index (χ2v) is 6.16.